The van der Waals surface area contributed by atoms with E-state index in [1.165, 1.54) is 12.1 Å². The summed E-state index contributed by atoms with van der Waals surface area (Å²) in [5.41, 5.74) is 0.775. The van der Waals surface area contributed by atoms with Gasteiger partial charge < -0.3 is 5.32 Å². The third kappa shape index (κ3) is 4.07. The molecule has 0 aliphatic rings. The molecule has 4 nitrogen and oxygen atoms in total. The van der Waals surface area contributed by atoms with E-state index in [1.807, 2.05) is 13.8 Å². The zero-order chi connectivity index (χ0) is 16.1. The van der Waals surface area contributed by atoms with Crippen LogP contribution in [0.15, 0.2) is 30.5 Å². The molecule has 1 aromatic heterocycles. The molecule has 1 aromatic carbocycles. The lowest BCUT2D eigenvalue weighted by Gasteiger charge is -2.11. The highest BCUT2D eigenvalue weighted by molar-refractivity contribution is 6.33. The standard InChI is InChI=1S/C16H19ClFN3O/c1-3-12(4-2)16(22)19-15-14(17)10-21(20-15)9-11-6-5-7-13(18)8-11/h5-8,10,12H,3-4,9H2,1-2H3,(H,19,20,22). The van der Waals surface area contributed by atoms with Crippen LogP contribution in [0.25, 0.3) is 0 Å². The van der Waals surface area contributed by atoms with Crippen molar-refractivity contribution < 1.29 is 9.18 Å². The fourth-order valence-electron chi connectivity index (χ4n) is 2.26. The average Bonchev–Trinajstić information content (AvgIpc) is 2.80. The molecule has 2 rings (SSSR count). The second-order valence-corrected chi connectivity index (χ2v) is 5.56. The lowest BCUT2D eigenvalue weighted by Crippen LogP contribution is -2.22. The first kappa shape index (κ1) is 16.5. The van der Waals surface area contributed by atoms with E-state index < -0.39 is 0 Å². The van der Waals surface area contributed by atoms with E-state index in [0.717, 1.165) is 18.4 Å². The zero-order valence-corrected chi connectivity index (χ0v) is 13.4. The lowest BCUT2D eigenvalue weighted by molar-refractivity contribution is -0.120. The van der Waals surface area contributed by atoms with Gasteiger partial charge in [-0.05, 0) is 30.5 Å². The molecule has 0 fully saturated rings. The van der Waals surface area contributed by atoms with Crippen molar-refractivity contribution in [3.05, 3.63) is 46.9 Å². The van der Waals surface area contributed by atoms with Crippen molar-refractivity contribution in [2.24, 2.45) is 5.92 Å². The molecular weight excluding hydrogens is 305 g/mol. The van der Waals surface area contributed by atoms with Gasteiger partial charge in [-0.1, -0.05) is 37.6 Å². The number of benzene rings is 1. The minimum atomic E-state index is -0.294. The monoisotopic (exact) mass is 323 g/mol. The third-order valence-electron chi connectivity index (χ3n) is 3.55. The maximum absolute atomic E-state index is 13.2. The predicted molar refractivity (Wildman–Crippen MR) is 85.4 cm³/mol. The molecular formula is C16H19ClFN3O. The Hall–Kier alpha value is -1.88. The number of rotatable bonds is 6. The van der Waals surface area contributed by atoms with Crippen LogP contribution in [0.1, 0.15) is 32.3 Å². The maximum Gasteiger partial charge on any atom is 0.228 e. The summed E-state index contributed by atoms with van der Waals surface area (Å²) in [4.78, 5) is 12.1. The Bertz CT molecular complexity index is 653. The fourth-order valence-corrected chi connectivity index (χ4v) is 2.46. The minimum Gasteiger partial charge on any atom is -0.308 e. The van der Waals surface area contributed by atoms with Crippen molar-refractivity contribution in [2.45, 2.75) is 33.2 Å². The lowest BCUT2D eigenvalue weighted by atomic mass is 10.0. The van der Waals surface area contributed by atoms with Crippen LogP contribution in [0.5, 0.6) is 0 Å². The second kappa shape index (κ2) is 7.40. The van der Waals surface area contributed by atoms with E-state index in [4.69, 9.17) is 11.6 Å². The molecule has 0 atom stereocenters. The molecule has 0 unspecified atom stereocenters. The summed E-state index contributed by atoms with van der Waals surface area (Å²) in [5.74, 6) is -0.0830. The molecule has 1 amide bonds. The predicted octanol–water partition coefficient (Wildman–Crippen LogP) is 4.10. The number of hydrogen-bond donors (Lipinski definition) is 1. The molecule has 6 heteroatoms. The van der Waals surface area contributed by atoms with E-state index in [-0.39, 0.29) is 17.6 Å². The Labute approximate surface area is 134 Å². The number of hydrogen-bond acceptors (Lipinski definition) is 2. The van der Waals surface area contributed by atoms with Gasteiger partial charge in [0, 0.05) is 12.1 Å². The fraction of sp³-hybridized carbons (Fsp3) is 0.375. The van der Waals surface area contributed by atoms with Crippen LogP contribution >= 0.6 is 11.6 Å². The number of carbonyl (C=O) groups excluding carboxylic acids is 1. The minimum absolute atomic E-state index is 0.0514. The normalized spacial score (nSPS) is 11.0. The molecule has 0 radical (unpaired) electrons. The summed E-state index contributed by atoms with van der Waals surface area (Å²) in [5, 5.41) is 7.38. The van der Waals surface area contributed by atoms with Crippen molar-refractivity contribution in [1.29, 1.82) is 0 Å². The van der Waals surface area contributed by atoms with Gasteiger partial charge in [0.2, 0.25) is 5.91 Å². The van der Waals surface area contributed by atoms with Crippen molar-refractivity contribution >= 4 is 23.3 Å². The highest BCUT2D eigenvalue weighted by Crippen LogP contribution is 2.21. The molecule has 0 saturated heterocycles. The molecule has 1 heterocycles. The van der Waals surface area contributed by atoms with Crippen molar-refractivity contribution in [2.75, 3.05) is 5.32 Å². The highest BCUT2D eigenvalue weighted by atomic mass is 35.5. The van der Waals surface area contributed by atoms with Gasteiger partial charge in [-0.3, -0.25) is 9.48 Å². The number of anilines is 1. The van der Waals surface area contributed by atoms with Gasteiger partial charge in [0.1, 0.15) is 10.8 Å². The van der Waals surface area contributed by atoms with Crippen LogP contribution in [0.2, 0.25) is 5.02 Å². The Morgan fingerprint density at radius 3 is 2.77 bits per heavy atom. The first-order valence-electron chi connectivity index (χ1n) is 7.31. The highest BCUT2D eigenvalue weighted by Gasteiger charge is 2.17. The van der Waals surface area contributed by atoms with Crippen LogP contribution in [0.3, 0.4) is 0 Å². The van der Waals surface area contributed by atoms with E-state index in [9.17, 15) is 9.18 Å². The summed E-state index contributed by atoms with van der Waals surface area (Å²) in [6, 6.07) is 6.28. The van der Waals surface area contributed by atoms with E-state index in [0.29, 0.717) is 17.4 Å². The summed E-state index contributed by atoms with van der Waals surface area (Å²) >= 11 is 6.11. The zero-order valence-electron chi connectivity index (χ0n) is 12.6. The molecule has 118 valence electrons. The average molecular weight is 324 g/mol. The summed E-state index contributed by atoms with van der Waals surface area (Å²) in [7, 11) is 0. The van der Waals surface area contributed by atoms with Crippen LogP contribution < -0.4 is 5.32 Å². The summed E-state index contributed by atoms with van der Waals surface area (Å²) in [6.07, 6.45) is 3.16. The Balaban J connectivity index is 2.09. The number of amides is 1. The number of nitrogens with one attached hydrogen (secondary N) is 1. The van der Waals surface area contributed by atoms with E-state index >= 15 is 0 Å². The molecule has 0 aliphatic carbocycles. The van der Waals surface area contributed by atoms with Gasteiger partial charge in [-0.25, -0.2) is 4.39 Å². The van der Waals surface area contributed by atoms with Crippen molar-refractivity contribution in [3.8, 4) is 0 Å². The maximum atomic E-state index is 13.2. The van der Waals surface area contributed by atoms with Crippen LogP contribution in [-0.4, -0.2) is 15.7 Å². The first-order valence-corrected chi connectivity index (χ1v) is 7.69. The summed E-state index contributed by atoms with van der Waals surface area (Å²) < 4.78 is 14.8. The number of nitrogens with zero attached hydrogens (tertiary/aromatic N) is 2. The molecule has 0 bridgehead atoms. The molecule has 2 aromatic rings. The Morgan fingerprint density at radius 2 is 2.14 bits per heavy atom. The first-order chi connectivity index (χ1) is 10.5. The van der Waals surface area contributed by atoms with E-state index in [2.05, 4.69) is 10.4 Å². The van der Waals surface area contributed by atoms with Crippen LogP contribution in [0, 0.1) is 11.7 Å². The van der Waals surface area contributed by atoms with Crippen LogP contribution in [0.4, 0.5) is 10.2 Å². The molecule has 0 spiro atoms. The third-order valence-corrected chi connectivity index (χ3v) is 3.83. The van der Waals surface area contributed by atoms with Gasteiger partial charge in [-0.15, -0.1) is 0 Å². The molecule has 22 heavy (non-hydrogen) atoms. The largest absolute Gasteiger partial charge is 0.308 e. The van der Waals surface area contributed by atoms with Gasteiger partial charge in [-0.2, -0.15) is 5.10 Å². The number of carbonyl (C=O) groups is 1. The van der Waals surface area contributed by atoms with Gasteiger partial charge in [0.25, 0.3) is 0 Å². The Morgan fingerprint density at radius 1 is 1.41 bits per heavy atom. The van der Waals surface area contributed by atoms with Gasteiger partial charge in [0.05, 0.1) is 6.54 Å². The van der Waals surface area contributed by atoms with Gasteiger partial charge >= 0.3 is 0 Å². The number of aromatic nitrogens is 2. The summed E-state index contributed by atoms with van der Waals surface area (Å²) in [6.45, 7) is 4.33. The number of halogens is 2. The topological polar surface area (TPSA) is 46.9 Å². The smallest absolute Gasteiger partial charge is 0.228 e. The Kier molecular flexibility index (Phi) is 5.55. The molecule has 1 N–H and O–H groups in total. The van der Waals surface area contributed by atoms with Crippen molar-refractivity contribution in [1.82, 2.24) is 9.78 Å². The molecule has 0 aliphatic heterocycles. The van der Waals surface area contributed by atoms with Crippen LogP contribution in [-0.2, 0) is 11.3 Å². The van der Waals surface area contributed by atoms with Gasteiger partial charge in [0.15, 0.2) is 5.82 Å². The quantitative estimate of drug-likeness (QED) is 0.870. The second-order valence-electron chi connectivity index (χ2n) is 5.16. The molecule has 0 saturated carbocycles. The SMILES string of the molecule is CCC(CC)C(=O)Nc1nn(Cc2cccc(F)c2)cc1Cl. The van der Waals surface area contributed by atoms with Crippen molar-refractivity contribution in [3.63, 3.8) is 0 Å². The van der Waals surface area contributed by atoms with E-state index in [1.54, 1.807) is 23.0 Å².